The predicted octanol–water partition coefficient (Wildman–Crippen LogP) is 3.81. The highest BCUT2D eigenvalue weighted by atomic mass is 16.6. The minimum Gasteiger partial charge on any atom is -0.505 e. The molecular weight excluding hydrogens is 530 g/mol. The van der Waals surface area contributed by atoms with Crippen LogP contribution in [0.5, 0.6) is 5.75 Å². The average molecular weight is 574 g/mol. The third kappa shape index (κ3) is 9.73. The predicted molar refractivity (Wildman–Crippen MR) is 156 cm³/mol. The molecule has 2 bridgehead atoms. The van der Waals surface area contributed by atoms with Gasteiger partial charge in [0.05, 0.1) is 17.9 Å². The number of hydrogen-bond acceptors (Lipinski definition) is 8. The van der Waals surface area contributed by atoms with Crippen LogP contribution in [-0.4, -0.2) is 66.8 Å². The monoisotopic (exact) mass is 573 g/mol. The maximum Gasteiger partial charge on any atom is 0.405 e. The molecule has 1 heterocycles. The van der Waals surface area contributed by atoms with Gasteiger partial charge in [0.15, 0.2) is 6.10 Å². The van der Waals surface area contributed by atoms with Crippen LogP contribution in [0.4, 0.5) is 16.2 Å². The molecule has 1 aromatic carbocycles. The van der Waals surface area contributed by atoms with E-state index in [0.717, 1.165) is 0 Å². The van der Waals surface area contributed by atoms with Crippen molar-refractivity contribution >= 4 is 29.3 Å². The Kier molecular flexibility index (Phi) is 12.6. The summed E-state index contributed by atoms with van der Waals surface area (Å²) in [7, 11) is 2.97. The van der Waals surface area contributed by atoms with E-state index < -0.39 is 42.3 Å². The molecule has 0 aromatic heterocycles. The number of benzene rings is 1. The summed E-state index contributed by atoms with van der Waals surface area (Å²) in [6.07, 6.45) is 3.32. The Morgan fingerprint density at radius 3 is 2.41 bits per heavy atom. The summed E-state index contributed by atoms with van der Waals surface area (Å²) in [5, 5.41) is 27.5. The maximum absolute atomic E-state index is 13.0. The molecule has 226 valence electrons. The number of nitrogens with two attached hydrogens (primary N) is 1. The molecule has 0 aliphatic carbocycles. The van der Waals surface area contributed by atoms with Crippen LogP contribution < -0.4 is 16.4 Å². The van der Waals surface area contributed by atoms with Gasteiger partial charge >= 0.3 is 6.09 Å². The number of aromatic hydroxyl groups is 1. The number of rotatable bonds is 4. The van der Waals surface area contributed by atoms with Crippen LogP contribution >= 0.6 is 0 Å². The Morgan fingerprint density at radius 2 is 1.83 bits per heavy atom. The van der Waals surface area contributed by atoms with E-state index in [2.05, 4.69) is 10.6 Å². The number of carbonyl (C=O) groups is 3. The fraction of sp³-hybridized carbons (Fsp3) is 0.500. The molecule has 2 rings (SSSR count). The molecule has 6 N–H and O–H groups in total. The number of primary amides is 1. The van der Waals surface area contributed by atoms with Gasteiger partial charge < -0.3 is 40.8 Å². The third-order valence-electron chi connectivity index (χ3n) is 6.98. The number of hydrogen-bond donors (Lipinski definition) is 5. The van der Waals surface area contributed by atoms with E-state index in [1.54, 1.807) is 44.2 Å². The third-order valence-corrected chi connectivity index (χ3v) is 6.98. The second kappa shape index (κ2) is 15.4. The van der Waals surface area contributed by atoms with Crippen LogP contribution in [0, 0.1) is 11.8 Å². The summed E-state index contributed by atoms with van der Waals surface area (Å²) in [6.45, 7) is 8.48. The van der Waals surface area contributed by atoms with Crippen molar-refractivity contribution in [2.75, 3.05) is 24.9 Å². The second-order valence-electron chi connectivity index (χ2n) is 10.5. The fourth-order valence-electron chi connectivity index (χ4n) is 4.85. The number of anilines is 2. The summed E-state index contributed by atoms with van der Waals surface area (Å²) in [5.41, 5.74) is 7.38. The highest BCUT2D eigenvalue weighted by molar-refractivity contribution is 6.04. The van der Waals surface area contributed by atoms with Gasteiger partial charge in [-0.25, -0.2) is 4.79 Å². The standard InChI is InChI=1S/C30H43N3O8/c1-16-11-21-14-22(15-23(27(21)36)32-20(5)34)33-29(37)17(2)9-8-10-24(39-6)28(41-30(31)38)19(4)13-18(3)26(35)25(12-16)40-7/h8-10,13-16,18,24-26,28,35-36H,11-12H2,1-7H3,(H2,31,38)(H,32,34)(H,33,37)/b10-8+,17-9-,19-13-/t16-,18-,24+,25-,26+,28+/m0/s1. The Hall–Kier alpha value is -3.67. The van der Waals surface area contributed by atoms with Crippen molar-refractivity contribution in [3.05, 3.63) is 53.1 Å². The smallest absolute Gasteiger partial charge is 0.405 e. The summed E-state index contributed by atoms with van der Waals surface area (Å²) in [4.78, 5) is 36.5. The lowest BCUT2D eigenvalue weighted by atomic mass is 9.88. The quantitative estimate of drug-likeness (QED) is 0.206. The van der Waals surface area contributed by atoms with Gasteiger partial charge in [-0.15, -0.1) is 0 Å². The van der Waals surface area contributed by atoms with Gasteiger partial charge in [0.2, 0.25) is 5.91 Å². The minimum atomic E-state index is -0.983. The van der Waals surface area contributed by atoms with Crippen LogP contribution in [-0.2, 0) is 30.2 Å². The van der Waals surface area contributed by atoms with Crippen molar-refractivity contribution in [1.29, 1.82) is 0 Å². The lowest BCUT2D eigenvalue weighted by Gasteiger charge is -2.29. The van der Waals surface area contributed by atoms with Gasteiger partial charge in [-0.05, 0) is 55.9 Å². The number of aliphatic hydroxyl groups is 1. The molecule has 1 aromatic rings. The first-order valence-corrected chi connectivity index (χ1v) is 13.4. The molecule has 1 aliphatic heterocycles. The molecule has 41 heavy (non-hydrogen) atoms. The first-order chi connectivity index (χ1) is 19.3. The Balaban J connectivity index is 2.62. The first kappa shape index (κ1) is 33.5. The fourth-order valence-corrected chi connectivity index (χ4v) is 4.85. The summed E-state index contributed by atoms with van der Waals surface area (Å²) >= 11 is 0. The van der Waals surface area contributed by atoms with Gasteiger partial charge in [-0.2, -0.15) is 0 Å². The summed E-state index contributed by atoms with van der Waals surface area (Å²) < 4.78 is 16.6. The number of aliphatic hydroxyl groups excluding tert-OH is 1. The molecule has 0 radical (unpaired) electrons. The van der Waals surface area contributed by atoms with Crippen molar-refractivity contribution in [3.63, 3.8) is 0 Å². The van der Waals surface area contributed by atoms with Crippen LogP contribution in [0.3, 0.4) is 0 Å². The number of ether oxygens (including phenoxy) is 3. The number of phenolic OH excluding ortho intramolecular Hbond substituents is 1. The van der Waals surface area contributed by atoms with Crippen LogP contribution in [0.1, 0.15) is 46.6 Å². The normalized spacial score (nSPS) is 29.7. The molecule has 6 atom stereocenters. The van der Waals surface area contributed by atoms with Crippen molar-refractivity contribution in [3.8, 4) is 5.75 Å². The molecule has 11 nitrogen and oxygen atoms in total. The molecular formula is C30H43N3O8. The van der Waals surface area contributed by atoms with Crippen LogP contribution in [0.2, 0.25) is 0 Å². The maximum atomic E-state index is 13.0. The van der Waals surface area contributed by atoms with E-state index in [1.807, 2.05) is 13.8 Å². The van der Waals surface area contributed by atoms with Gasteiger partial charge in [0.1, 0.15) is 11.9 Å². The highest BCUT2D eigenvalue weighted by Crippen LogP contribution is 2.35. The zero-order valence-electron chi connectivity index (χ0n) is 24.8. The largest absolute Gasteiger partial charge is 0.505 e. The van der Waals surface area contributed by atoms with Crippen LogP contribution in [0.15, 0.2) is 47.6 Å². The first-order valence-electron chi connectivity index (χ1n) is 13.4. The second-order valence-corrected chi connectivity index (χ2v) is 10.5. The van der Waals surface area contributed by atoms with Gasteiger partial charge in [-0.3, -0.25) is 9.59 Å². The highest BCUT2D eigenvalue weighted by Gasteiger charge is 2.29. The number of phenols is 1. The van der Waals surface area contributed by atoms with E-state index in [9.17, 15) is 24.6 Å². The summed E-state index contributed by atoms with van der Waals surface area (Å²) in [6, 6.07) is 3.14. The minimum absolute atomic E-state index is 0.0781. The molecule has 11 heteroatoms. The topological polar surface area (TPSA) is 169 Å². The van der Waals surface area contributed by atoms with Crippen molar-refractivity contribution in [2.45, 2.75) is 71.9 Å². The van der Waals surface area contributed by atoms with E-state index in [4.69, 9.17) is 19.9 Å². The van der Waals surface area contributed by atoms with E-state index in [-0.39, 0.29) is 23.3 Å². The van der Waals surface area contributed by atoms with E-state index >= 15 is 0 Å². The number of carbonyl (C=O) groups excluding carboxylic acids is 3. The molecule has 1 aliphatic rings. The zero-order valence-corrected chi connectivity index (χ0v) is 24.8. The van der Waals surface area contributed by atoms with E-state index in [0.29, 0.717) is 35.2 Å². The number of allylic oxidation sites excluding steroid dienone is 2. The number of fused-ring (bicyclic) bond motifs is 2. The molecule has 0 spiro atoms. The van der Waals surface area contributed by atoms with Gasteiger partial charge in [0.25, 0.3) is 5.91 Å². The summed E-state index contributed by atoms with van der Waals surface area (Å²) in [5.74, 6) is -1.36. The zero-order chi connectivity index (χ0) is 30.9. The lowest BCUT2D eigenvalue weighted by Crippen LogP contribution is -2.37. The lowest BCUT2D eigenvalue weighted by molar-refractivity contribution is -0.114. The Bertz CT molecular complexity index is 1190. The van der Waals surface area contributed by atoms with Gasteiger partial charge in [-0.1, -0.05) is 38.2 Å². The van der Waals surface area contributed by atoms with Gasteiger partial charge in [0, 0.05) is 38.3 Å². The van der Waals surface area contributed by atoms with Crippen LogP contribution in [0.25, 0.3) is 0 Å². The number of nitrogens with one attached hydrogen (secondary N) is 2. The van der Waals surface area contributed by atoms with E-state index in [1.165, 1.54) is 27.2 Å². The van der Waals surface area contributed by atoms with Crippen molar-refractivity contribution in [2.24, 2.45) is 17.6 Å². The van der Waals surface area contributed by atoms with Crippen molar-refractivity contribution < 1.29 is 38.8 Å². The number of methoxy groups -OCH3 is 2. The Morgan fingerprint density at radius 1 is 1.15 bits per heavy atom. The SMILES string of the molecule is CO[C@H]1C[C@@H](C)Cc2cc(cc(NC(C)=O)c2O)NC(=O)/C(C)=C\C=C\[C@@H](OC)[C@H](OC(N)=O)/C(C)=C\[C@H](C)[C@H]1O. The molecule has 3 amide bonds. The Labute approximate surface area is 241 Å². The average Bonchev–Trinajstić information content (AvgIpc) is 2.89. The number of amides is 3. The molecule has 0 saturated heterocycles. The molecule has 0 unspecified atom stereocenters. The molecule has 0 saturated carbocycles. The molecule has 0 fully saturated rings. The van der Waals surface area contributed by atoms with Crippen molar-refractivity contribution in [1.82, 2.24) is 0 Å².